The number of rotatable bonds is 4. The highest BCUT2D eigenvalue weighted by atomic mass is 32.2. The van der Waals surface area contributed by atoms with Crippen molar-refractivity contribution in [3.05, 3.63) is 71.4 Å². The van der Waals surface area contributed by atoms with E-state index in [4.69, 9.17) is 0 Å². The van der Waals surface area contributed by atoms with Gasteiger partial charge in [-0.1, -0.05) is 18.2 Å². The van der Waals surface area contributed by atoms with Crippen molar-refractivity contribution in [3.63, 3.8) is 0 Å². The maximum Gasteiger partial charge on any atom is 0.246 e. The van der Waals surface area contributed by atoms with Gasteiger partial charge in [-0.05, 0) is 23.8 Å². The average Bonchev–Trinajstić information content (AvgIpc) is 2.67. The van der Waals surface area contributed by atoms with E-state index in [1.165, 1.54) is 12.1 Å². The molecule has 2 aromatic heterocycles. The van der Waals surface area contributed by atoms with E-state index >= 15 is 0 Å². The van der Waals surface area contributed by atoms with E-state index < -0.39 is 9.84 Å². The number of aromatic nitrogens is 3. The third kappa shape index (κ3) is 4.07. The van der Waals surface area contributed by atoms with Crippen LogP contribution in [-0.4, -0.2) is 41.1 Å². The number of hydrogen-bond acceptors (Lipinski definition) is 6. The highest BCUT2D eigenvalue weighted by Gasteiger charge is 2.21. The lowest BCUT2D eigenvalue weighted by molar-refractivity contribution is 0.242. The van der Waals surface area contributed by atoms with Gasteiger partial charge in [-0.2, -0.15) is 0 Å². The Balaban J connectivity index is 1.46. The smallest absolute Gasteiger partial charge is 0.246 e. The summed E-state index contributed by atoms with van der Waals surface area (Å²) in [6, 6.07) is 10.3. The normalized spacial score (nSPS) is 14.6. The molecule has 3 aromatic rings. The van der Waals surface area contributed by atoms with E-state index in [0.29, 0.717) is 19.5 Å². The molecule has 144 valence electrons. The zero-order chi connectivity index (χ0) is 19.7. The van der Waals surface area contributed by atoms with Crippen molar-refractivity contribution in [2.45, 2.75) is 24.7 Å². The molecule has 1 aliphatic heterocycles. The number of sulfone groups is 1. The monoisotopic (exact) mass is 398 g/mol. The number of hydrogen-bond donors (Lipinski definition) is 0. The molecule has 0 fully saturated rings. The molecule has 28 heavy (non-hydrogen) atoms. The lowest BCUT2D eigenvalue weighted by Crippen LogP contribution is -2.31. The molecule has 0 saturated carbocycles. The molecule has 0 saturated heterocycles. The molecule has 0 N–H and O–H groups in total. The van der Waals surface area contributed by atoms with E-state index in [0.717, 1.165) is 40.9 Å². The standard InChI is InChI=1S/C20H19FN4O2S/c1-28(26,27)20-23-11-16-13-25(8-7-19(16)24-20)12-14-5-6-18(22-10-14)15-3-2-4-17(21)9-15/h2-6,9-11H,7-8,12-13H2,1H3. The second-order valence-corrected chi connectivity index (χ2v) is 8.83. The van der Waals surface area contributed by atoms with Crippen LogP contribution in [-0.2, 0) is 29.3 Å². The summed E-state index contributed by atoms with van der Waals surface area (Å²) in [6.07, 6.45) is 5.20. The highest BCUT2D eigenvalue weighted by Crippen LogP contribution is 2.21. The van der Waals surface area contributed by atoms with Crippen LogP contribution >= 0.6 is 0 Å². The quantitative estimate of drug-likeness (QED) is 0.629. The second-order valence-electron chi connectivity index (χ2n) is 6.92. The Kier molecular flexibility index (Phi) is 4.91. The van der Waals surface area contributed by atoms with Crippen molar-refractivity contribution in [1.82, 2.24) is 19.9 Å². The van der Waals surface area contributed by atoms with Crippen LogP contribution in [0.4, 0.5) is 4.39 Å². The van der Waals surface area contributed by atoms with Gasteiger partial charge in [-0.3, -0.25) is 9.88 Å². The lowest BCUT2D eigenvalue weighted by atomic mass is 10.1. The van der Waals surface area contributed by atoms with Gasteiger partial charge in [0, 0.05) is 55.8 Å². The van der Waals surface area contributed by atoms with E-state index in [1.54, 1.807) is 18.5 Å². The zero-order valence-corrected chi connectivity index (χ0v) is 16.2. The first-order valence-corrected chi connectivity index (χ1v) is 10.8. The summed E-state index contributed by atoms with van der Waals surface area (Å²) in [6.45, 7) is 2.15. The number of benzene rings is 1. The van der Waals surface area contributed by atoms with Gasteiger partial charge in [-0.15, -0.1) is 0 Å². The zero-order valence-electron chi connectivity index (χ0n) is 15.3. The summed E-state index contributed by atoms with van der Waals surface area (Å²) in [5.41, 5.74) is 4.28. The minimum absolute atomic E-state index is 0.114. The van der Waals surface area contributed by atoms with E-state index in [-0.39, 0.29) is 11.0 Å². The molecule has 0 aliphatic carbocycles. The van der Waals surface area contributed by atoms with Gasteiger partial charge in [0.1, 0.15) is 5.82 Å². The minimum atomic E-state index is -3.40. The maximum atomic E-state index is 13.4. The predicted molar refractivity (Wildman–Crippen MR) is 103 cm³/mol. The topological polar surface area (TPSA) is 76.1 Å². The summed E-state index contributed by atoms with van der Waals surface area (Å²) >= 11 is 0. The van der Waals surface area contributed by atoms with Crippen LogP contribution in [0.25, 0.3) is 11.3 Å². The van der Waals surface area contributed by atoms with E-state index in [2.05, 4.69) is 19.9 Å². The highest BCUT2D eigenvalue weighted by molar-refractivity contribution is 7.90. The van der Waals surface area contributed by atoms with Crippen molar-refractivity contribution < 1.29 is 12.8 Å². The molecular formula is C20H19FN4O2S. The van der Waals surface area contributed by atoms with Gasteiger partial charge < -0.3 is 0 Å². The molecule has 8 heteroatoms. The van der Waals surface area contributed by atoms with Crippen LogP contribution < -0.4 is 0 Å². The fourth-order valence-electron chi connectivity index (χ4n) is 3.26. The van der Waals surface area contributed by atoms with Crippen molar-refractivity contribution in [2.24, 2.45) is 0 Å². The van der Waals surface area contributed by atoms with Crippen molar-refractivity contribution in [1.29, 1.82) is 0 Å². The van der Waals surface area contributed by atoms with E-state index in [1.807, 2.05) is 18.2 Å². The van der Waals surface area contributed by atoms with Crippen LogP contribution in [0.2, 0.25) is 0 Å². The number of nitrogens with zero attached hydrogens (tertiary/aromatic N) is 4. The molecular weight excluding hydrogens is 379 g/mol. The minimum Gasteiger partial charge on any atom is -0.294 e. The maximum absolute atomic E-state index is 13.4. The van der Waals surface area contributed by atoms with Crippen LogP contribution in [0.5, 0.6) is 0 Å². The van der Waals surface area contributed by atoms with Crippen LogP contribution in [0.3, 0.4) is 0 Å². The van der Waals surface area contributed by atoms with Crippen molar-refractivity contribution in [3.8, 4) is 11.3 Å². The molecule has 1 aromatic carbocycles. The molecule has 3 heterocycles. The summed E-state index contributed by atoms with van der Waals surface area (Å²) < 4.78 is 36.6. The Morgan fingerprint density at radius 3 is 2.71 bits per heavy atom. The second kappa shape index (κ2) is 7.37. The Labute approximate surface area is 163 Å². The van der Waals surface area contributed by atoms with Crippen LogP contribution in [0.15, 0.2) is 53.9 Å². The summed E-state index contributed by atoms with van der Waals surface area (Å²) in [5.74, 6) is -0.281. The van der Waals surface area contributed by atoms with Gasteiger partial charge in [0.25, 0.3) is 0 Å². The van der Waals surface area contributed by atoms with Crippen LogP contribution in [0, 0.1) is 5.82 Å². The Bertz CT molecular complexity index is 1120. The largest absolute Gasteiger partial charge is 0.294 e. The number of fused-ring (bicyclic) bond motifs is 1. The van der Waals surface area contributed by atoms with Gasteiger partial charge in [0.05, 0.1) is 11.4 Å². The molecule has 0 spiro atoms. The molecule has 6 nitrogen and oxygen atoms in total. The summed E-state index contributed by atoms with van der Waals surface area (Å²) in [4.78, 5) is 14.9. The van der Waals surface area contributed by atoms with Crippen LogP contribution in [0.1, 0.15) is 16.8 Å². The Morgan fingerprint density at radius 1 is 1.14 bits per heavy atom. The SMILES string of the molecule is CS(=O)(=O)c1ncc2c(n1)CCN(Cc1ccc(-c3cccc(F)c3)nc1)C2. The molecule has 4 rings (SSSR count). The molecule has 0 radical (unpaired) electrons. The van der Waals surface area contributed by atoms with Crippen molar-refractivity contribution >= 4 is 9.84 Å². The molecule has 0 bridgehead atoms. The fourth-order valence-corrected chi connectivity index (χ4v) is 3.78. The van der Waals surface area contributed by atoms with E-state index in [9.17, 15) is 12.8 Å². The van der Waals surface area contributed by atoms with Gasteiger partial charge in [-0.25, -0.2) is 22.8 Å². The van der Waals surface area contributed by atoms with Gasteiger partial charge in [0.2, 0.25) is 15.0 Å². The molecule has 0 amide bonds. The number of pyridine rings is 1. The Morgan fingerprint density at radius 2 is 2.00 bits per heavy atom. The lowest BCUT2D eigenvalue weighted by Gasteiger charge is -2.27. The first-order chi connectivity index (χ1) is 13.4. The van der Waals surface area contributed by atoms with Gasteiger partial charge in [0.15, 0.2) is 0 Å². The fraction of sp³-hybridized carbons (Fsp3) is 0.250. The Hall–Kier alpha value is -2.71. The average molecular weight is 398 g/mol. The first-order valence-electron chi connectivity index (χ1n) is 8.86. The molecule has 1 aliphatic rings. The predicted octanol–water partition coefficient (Wildman–Crippen LogP) is 2.64. The first kappa shape index (κ1) is 18.6. The number of halogens is 1. The summed E-state index contributed by atoms with van der Waals surface area (Å²) in [7, 11) is -3.40. The third-order valence-electron chi connectivity index (χ3n) is 4.67. The molecule has 0 atom stereocenters. The van der Waals surface area contributed by atoms with Crippen molar-refractivity contribution in [2.75, 3.05) is 12.8 Å². The summed E-state index contributed by atoms with van der Waals surface area (Å²) in [5, 5.41) is -0.114. The van der Waals surface area contributed by atoms with Gasteiger partial charge >= 0.3 is 0 Å². The molecule has 0 unspecified atom stereocenters. The third-order valence-corrected chi connectivity index (χ3v) is 5.53.